The second-order valence-corrected chi connectivity index (χ2v) is 5.69. The average molecular weight is 310 g/mol. The summed E-state index contributed by atoms with van der Waals surface area (Å²) in [4.78, 5) is 14.2. The number of carbonyl (C=O) groups is 1. The molecule has 0 spiro atoms. The summed E-state index contributed by atoms with van der Waals surface area (Å²) in [5, 5.41) is 15.6. The lowest BCUT2D eigenvalue weighted by atomic mass is 10.1. The van der Waals surface area contributed by atoms with E-state index in [0.717, 1.165) is 29.9 Å². The zero-order valence-electron chi connectivity index (χ0n) is 13.0. The fourth-order valence-electron chi connectivity index (χ4n) is 2.82. The summed E-state index contributed by atoms with van der Waals surface area (Å²) in [6.07, 6.45) is 1.84. The van der Waals surface area contributed by atoms with Gasteiger partial charge in [-0.25, -0.2) is 4.79 Å². The minimum Gasteiger partial charge on any atom is -0.359 e. The Morgan fingerprint density at radius 1 is 1.48 bits per heavy atom. The predicted octanol–water partition coefficient (Wildman–Crippen LogP) is 2.90. The Hall–Kier alpha value is -2.81. The fourth-order valence-corrected chi connectivity index (χ4v) is 2.82. The number of rotatable bonds is 3. The number of likely N-dealkylation sites (tertiary alicyclic amines) is 1. The number of nitriles is 1. The maximum Gasteiger partial charge on any atom is 0.318 e. The smallest absolute Gasteiger partial charge is 0.318 e. The molecule has 3 rings (SSSR count). The van der Waals surface area contributed by atoms with Crippen LogP contribution in [0.5, 0.6) is 0 Å². The van der Waals surface area contributed by atoms with E-state index in [-0.39, 0.29) is 12.1 Å². The van der Waals surface area contributed by atoms with Gasteiger partial charge in [-0.05, 0) is 37.5 Å². The van der Waals surface area contributed by atoms with E-state index in [1.54, 1.807) is 17.0 Å². The van der Waals surface area contributed by atoms with Gasteiger partial charge in [0.15, 0.2) is 5.76 Å². The molecule has 0 saturated carbocycles. The molecule has 1 fully saturated rings. The van der Waals surface area contributed by atoms with Gasteiger partial charge in [0, 0.05) is 19.2 Å². The van der Waals surface area contributed by atoms with Crippen LogP contribution in [0.2, 0.25) is 0 Å². The molecule has 1 saturated heterocycles. The standard InChI is InChI=1S/C17H18N4O2/c1-12-9-16(23-20-12)15-3-2-8-21(15)17(22)19-11-14-6-4-13(10-18)5-7-14/h4-7,9,15H,2-3,8,11H2,1H3,(H,19,22). The normalized spacial score (nSPS) is 17.0. The van der Waals surface area contributed by atoms with Crippen molar-refractivity contribution >= 4 is 6.03 Å². The molecule has 0 aliphatic carbocycles. The first-order valence-electron chi connectivity index (χ1n) is 7.64. The van der Waals surface area contributed by atoms with Crippen LogP contribution in [-0.4, -0.2) is 22.6 Å². The molecule has 1 unspecified atom stereocenters. The first-order chi connectivity index (χ1) is 11.2. The number of urea groups is 1. The van der Waals surface area contributed by atoms with Crippen LogP contribution >= 0.6 is 0 Å². The van der Waals surface area contributed by atoms with Crippen molar-refractivity contribution < 1.29 is 9.32 Å². The van der Waals surface area contributed by atoms with Gasteiger partial charge in [0.05, 0.1) is 23.4 Å². The van der Waals surface area contributed by atoms with Crippen molar-refractivity contribution in [2.75, 3.05) is 6.54 Å². The van der Waals surface area contributed by atoms with Gasteiger partial charge in [-0.15, -0.1) is 0 Å². The zero-order chi connectivity index (χ0) is 16.2. The SMILES string of the molecule is Cc1cc(C2CCCN2C(=O)NCc2ccc(C#N)cc2)on1. The van der Waals surface area contributed by atoms with Gasteiger partial charge in [0.25, 0.3) is 0 Å². The van der Waals surface area contributed by atoms with E-state index in [1.807, 2.05) is 25.1 Å². The Balaban J connectivity index is 1.61. The van der Waals surface area contributed by atoms with Crippen molar-refractivity contribution in [1.29, 1.82) is 5.26 Å². The minimum atomic E-state index is -0.106. The molecule has 1 aromatic heterocycles. The lowest BCUT2D eigenvalue weighted by Gasteiger charge is -2.23. The van der Waals surface area contributed by atoms with E-state index in [4.69, 9.17) is 9.78 Å². The number of hydrogen-bond donors (Lipinski definition) is 1. The van der Waals surface area contributed by atoms with Crippen LogP contribution in [0.4, 0.5) is 4.79 Å². The number of carbonyl (C=O) groups excluding carboxylic acids is 1. The van der Waals surface area contributed by atoms with Crippen LogP contribution in [0.3, 0.4) is 0 Å². The van der Waals surface area contributed by atoms with Crippen LogP contribution < -0.4 is 5.32 Å². The van der Waals surface area contributed by atoms with E-state index in [0.29, 0.717) is 18.7 Å². The molecule has 6 nitrogen and oxygen atoms in total. The monoisotopic (exact) mass is 310 g/mol. The van der Waals surface area contributed by atoms with Crippen LogP contribution in [0.25, 0.3) is 0 Å². The highest BCUT2D eigenvalue weighted by atomic mass is 16.5. The van der Waals surface area contributed by atoms with Crippen LogP contribution in [0, 0.1) is 18.3 Å². The number of nitrogens with zero attached hydrogens (tertiary/aromatic N) is 3. The molecule has 118 valence electrons. The fraction of sp³-hybridized carbons (Fsp3) is 0.353. The summed E-state index contributed by atoms with van der Waals surface area (Å²) >= 11 is 0. The maximum absolute atomic E-state index is 12.4. The van der Waals surface area contributed by atoms with Gasteiger partial charge in [-0.1, -0.05) is 17.3 Å². The molecule has 2 amide bonds. The summed E-state index contributed by atoms with van der Waals surface area (Å²) in [7, 11) is 0. The van der Waals surface area contributed by atoms with Crippen molar-refractivity contribution in [3.8, 4) is 6.07 Å². The summed E-state index contributed by atoms with van der Waals surface area (Å²) in [6, 6.07) is 11.0. The number of amides is 2. The minimum absolute atomic E-state index is 0.0443. The molecule has 23 heavy (non-hydrogen) atoms. The summed E-state index contributed by atoms with van der Waals surface area (Å²) in [5.41, 5.74) is 2.40. The van der Waals surface area contributed by atoms with Crippen LogP contribution in [0.1, 0.15) is 41.5 Å². The zero-order valence-corrected chi connectivity index (χ0v) is 13.0. The third kappa shape index (κ3) is 3.34. The Bertz CT molecular complexity index is 730. The largest absolute Gasteiger partial charge is 0.359 e. The van der Waals surface area contributed by atoms with Gasteiger partial charge in [-0.2, -0.15) is 5.26 Å². The van der Waals surface area contributed by atoms with Gasteiger partial charge >= 0.3 is 6.03 Å². The lowest BCUT2D eigenvalue weighted by molar-refractivity contribution is 0.182. The molecule has 0 radical (unpaired) electrons. The van der Waals surface area contributed by atoms with Crippen LogP contribution in [-0.2, 0) is 6.54 Å². The molecule has 2 heterocycles. The second-order valence-electron chi connectivity index (χ2n) is 5.69. The van der Waals surface area contributed by atoms with E-state index < -0.39 is 0 Å². The molecular formula is C17H18N4O2. The van der Waals surface area contributed by atoms with Crippen molar-refractivity contribution in [3.63, 3.8) is 0 Å². The molecule has 0 bridgehead atoms. The van der Waals surface area contributed by atoms with Gasteiger partial charge in [-0.3, -0.25) is 0 Å². The molecule has 1 aromatic carbocycles. The van der Waals surface area contributed by atoms with E-state index in [9.17, 15) is 4.79 Å². The number of benzene rings is 1. The lowest BCUT2D eigenvalue weighted by Crippen LogP contribution is -2.39. The molecule has 1 aliphatic rings. The molecule has 6 heteroatoms. The van der Waals surface area contributed by atoms with E-state index in [2.05, 4.69) is 16.5 Å². The summed E-state index contributed by atoms with van der Waals surface area (Å²) in [6.45, 7) is 3.02. The number of aromatic nitrogens is 1. The Morgan fingerprint density at radius 2 is 2.26 bits per heavy atom. The van der Waals surface area contributed by atoms with Crippen LogP contribution in [0.15, 0.2) is 34.9 Å². The third-order valence-electron chi connectivity index (χ3n) is 4.02. The first-order valence-corrected chi connectivity index (χ1v) is 7.64. The predicted molar refractivity (Wildman–Crippen MR) is 83.3 cm³/mol. The Morgan fingerprint density at radius 3 is 2.91 bits per heavy atom. The maximum atomic E-state index is 12.4. The van der Waals surface area contributed by atoms with Crippen molar-refractivity contribution in [3.05, 3.63) is 52.9 Å². The van der Waals surface area contributed by atoms with E-state index >= 15 is 0 Å². The third-order valence-corrected chi connectivity index (χ3v) is 4.02. The highest BCUT2D eigenvalue weighted by molar-refractivity contribution is 5.75. The summed E-state index contributed by atoms with van der Waals surface area (Å²) in [5.74, 6) is 0.744. The molecule has 1 aliphatic heterocycles. The van der Waals surface area contributed by atoms with Crippen molar-refractivity contribution in [2.24, 2.45) is 0 Å². The van der Waals surface area contributed by atoms with Gasteiger partial charge in [0.1, 0.15) is 0 Å². The quantitative estimate of drug-likeness (QED) is 0.945. The van der Waals surface area contributed by atoms with Gasteiger partial charge in [0.2, 0.25) is 0 Å². The van der Waals surface area contributed by atoms with Crippen molar-refractivity contribution in [2.45, 2.75) is 32.4 Å². The van der Waals surface area contributed by atoms with Crippen molar-refractivity contribution in [1.82, 2.24) is 15.4 Å². The molecule has 1 N–H and O–H groups in total. The topological polar surface area (TPSA) is 82.2 Å². The molecule has 2 aromatic rings. The number of hydrogen-bond acceptors (Lipinski definition) is 4. The number of aryl methyl sites for hydroxylation is 1. The average Bonchev–Trinajstić information content (AvgIpc) is 3.21. The van der Waals surface area contributed by atoms with Gasteiger partial charge < -0.3 is 14.7 Å². The summed E-state index contributed by atoms with van der Waals surface area (Å²) < 4.78 is 5.31. The Labute approximate surface area is 134 Å². The Kier molecular flexibility index (Phi) is 4.29. The first kappa shape index (κ1) is 15.1. The highest BCUT2D eigenvalue weighted by Crippen LogP contribution is 2.32. The van der Waals surface area contributed by atoms with E-state index in [1.165, 1.54) is 0 Å². The molecule has 1 atom stereocenters. The highest BCUT2D eigenvalue weighted by Gasteiger charge is 2.32. The molecular weight excluding hydrogens is 292 g/mol. The second kappa shape index (κ2) is 6.53. The number of nitrogens with one attached hydrogen (secondary N) is 1.